The molecule has 1 atom stereocenters. The largest absolute Gasteiger partial charge is 0.352 e. The van der Waals surface area contributed by atoms with E-state index in [-0.39, 0.29) is 6.29 Å². The molecule has 1 aromatic rings. The third-order valence-electron chi connectivity index (χ3n) is 3.19. The molecular weight excluding hydrogens is 238 g/mol. The summed E-state index contributed by atoms with van der Waals surface area (Å²) in [5.74, 6) is 0. The summed E-state index contributed by atoms with van der Waals surface area (Å²) in [6.07, 6.45) is -0.164. The molecule has 108 valence electrons. The number of benzene rings is 1. The fourth-order valence-corrected chi connectivity index (χ4v) is 2.23. The molecule has 1 rings (SSSR count). The van der Waals surface area contributed by atoms with Gasteiger partial charge in [0.05, 0.1) is 0 Å². The smallest absolute Gasteiger partial charge is 0.169 e. The molecule has 0 radical (unpaired) electrons. The molecule has 1 aromatic carbocycles. The molecule has 0 aliphatic heterocycles. The van der Waals surface area contributed by atoms with Crippen LogP contribution in [0.15, 0.2) is 18.2 Å². The van der Waals surface area contributed by atoms with Crippen LogP contribution in [-0.2, 0) is 9.47 Å². The zero-order valence-electron chi connectivity index (χ0n) is 12.8. The van der Waals surface area contributed by atoms with E-state index >= 15 is 0 Å². The van der Waals surface area contributed by atoms with Crippen molar-refractivity contribution in [2.24, 2.45) is 0 Å². The minimum atomic E-state index is -0.164. The van der Waals surface area contributed by atoms with Crippen LogP contribution in [0.1, 0.15) is 43.5 Å². The van der Waals surface area contributed by atoms with Gasteiger partial charge in [-0.05, 0) is 45.7 Å². The average Bonchev–Trinajstić information content (AvgIpc) is 2.36. The number of hydrogen-bond acceptors (Lipinski definition) is 3. The van der Waals surface area contributed by atoms with E-state index in [4.69, 9.17) is 9.47 Å². The second kappa shape index (κ2) is 8.31. The first-order valence-electron chi connectivity index (χ1n) is 7.12. The standard InChI is InChI=1S/C16H27NO2/c1-6-18-16(19-7-2)11-17-14(5)15-9-8-12(3)10-13(15)4/h8-10,14,16-17H,6-7,11H2,1-5H3. The first kappa shape index (κ1) is 16.2. The fraction of sp³-hybridized carbons (Fsp3) is 0.625. The molecule has 3 heteroatoms. The van der Waals surface area contributed by atoms with Crippen molar-refractivity contribution >= 4 is 0 Å². The molecule has 0 heterocycles. The molecule has 0 amide bonds. The van der Waals surface area contributed by atoms with Crippen molar-refractivity contribution in [1.82, 2.24) is 5.32 Å². The summed E-state index contributed by atoms with van der Waals surface area (Å²) < 4.78 is 11.1. The molecular formula is C16H27NO2. The SMILES string of the molecule is CCOC(CNC(C)c1ccc(C)cc1C)OCC. The van der Waals surface area contributed by atoms with Crippen LogP contribution < -0.4 is 5.32 Å². The van der Waals surface area contributed by atoms with Crippen LogP contribution in [0.25, 0.3) is 0 Å². The van der Waals surface area contributed by atoms with Crippen molar-refractivity contribution in [3.05, 3.63) is 34.9 Å². The van der Waals surface area contributed by atoms with E-state index in [1.54, 1.807) is 0 Å². The van der Waals surface area contributed by atoms with Crippen molar-refractivity contribution in [3.63, 3.8) is 0 Å². The predicted octanol–water partition coefficient (Wildman–Crippen LogP) is 3.35. The summed E-state index contributed by atoms with van der Waals surface area (Å²) in [4.78, 5) is 0. The van der Waals surface area contributed by atoms with E-state index in [0.717, 1.165) is 0 Å². The molecule has 0 spiro atoms. The summed E-state index contributed by atoms with van der Waals surface area (Å²) in [7, 11) is 0. The topological polar surface area (TPSA) is 30.5 Å². The van der Waals surface area contributed by atoms with Gasteiger partial charge in [0.15, 0.2) is 6.29 Å². The maximum absolute atomic E-state index is 5.53. The number of ether oxygens (including phenoxy) is 2. The van der Waals surface area contributed by atoms with E-state index in [1.165, 1.54) is 16.7 Å². The highest BCUT2D eigenvalue weighted by molar-refractivity contribution is 5.32. The number of aryl methyl sites for hydroxylation is 2. The van der Waals surface area contributed by atoms with Crippen LogP contribution in [0.4, 0.5) is 0 Å². The lowest BCUT2D eigenvalue weighted by atomic mass is 10.0. The van der Waals surface area contributed by atoms with Crippen LogP contribution in [0.3, 0.4) is 0 Å². The molecule has 19 heavy (non-hydrogen) atoms. The van der Waals surface area contributed by atoms with E-state index in [1.807, 2.05) is 13.8 Å². The molecule has 0 fully saturated rings. The normalized spacial score (nSPS) is 12.9. The van der Waals surface area contributed by atoms with Crippen molar-refractivity contribution in [2.45, 2.75) is 47.0 Å². The van der Waals surface area contributed by atoms with Crippen molar-refractivity contribution in [1.29, 1.82) is 0 Å². The molecule has 0 saturated heterocycles. The van der Waals surface area contributed by atoms with Gasteiger partial charge in [-0.15, -0.1) is 0 Å². The molecule has 3 nitrogen and oxygen atoms in total. The van der Waals surface area contributed by atoms with Gasteiger partial charge >= 0.3 is 0 Å². The van der Waals surface area contributed by atoms with Crippen LogP contribution in [0.5, 0.6) is 0 Å². The molecule has 1 N–H and O–H groups in total. The zero-order chi connectivity index (χ0) is 14.3. The Morgan fingerprint density at radius 1 is 1.11 bits per heavy atom. The summed E-state index contributed by atoms with van der Waals surface area (Å²) in [5.41, 5.74) is 3.96. The van der Waals surface area contributed by atoms with Gasteiger partial charge in [-0.25, -0.2) is 0 Å². The Morgan fingerprint density at radius 2 is 1.74 bits per heavy atom. The Kier molecular flexibility index (Phi) is 7.06. The highest BCUT2D eigenvalue weighted by atomic mass is 16.7. The summed E-state index contributed by atoms with van der Waals surface area (Å²) in [6.45, 7) is 12.5. The lowest BCUT2D eigenvalue weighted by Gasteiger charge is -2.22. The quantitative estimate of drug-likeness (QED) is 0.731. The molecule has 0 bridgehead atoms. The van der Waals surface area contributed by atoms with Crippen LogP contribution >= 0.6 is 0 Å². The third kappa shape index (κ3) is 5.31. The van der Waals surface area contributed by atoms with E-state index in [9.17, 15) is 0 Å². The maximum atomic E-state index is 5.53. The van der Waals surface area contributed by atoms with Crippen molar-refractivity contribution in [3.8, 4) is 0 Å². The van der Waals surface area contributed by atoms with Gasteiger partial charge in [0.25, 0.3) is 0 Å². The monoisotopic (exact) mass is 265 g/mol. The van der Waals surface area contributed by atoms with Crippen molar-refractivity contribution < 1.29 is 9.47 Å². The number of hydrogen-bond donors (Lipinski definition) is 1. The molecule has 1 unspecified atom stereocenters. The molecule has 0 aliphatic rings. The second-order valence-electron chi connectivity index (χ2n) is 4.83. The molecule has 0 saturated carbocycles. The highest BCUT2D eigenvalue weighted by Crippen LogP contribution is 2.18. The van der Waals surface area contributed by atoms with Crippen molar-refractivity contribution in [2.75, 3.05) is 19.8 Å². The van der Waals surface area contributed by atoms with Crippen LogP contribution in [-0.4, -0.2) is 26.0 Å². The van der Waals surface area contributed by atoms with Gasteiger partial charge < -0.3 is 14.8 Å². The Bertz CT molecular complexity index is 373. The van der Waals surface area contributed by atoms with E-state index < -0.39 is 0 Å². The highest BCUT2D eigenvalue weighted by Gasteiger charge is 2.12. The van der Waals surface area contributed by atoms with Gasteiger partial charge in [0.1, 0.15) is 0 Å². The maximum Gasteiger partial charge on any atom is 0.169 e. The van der Waals surface area contributed by atoms with E-state index in [2.05, 4.69) is 44.3 Å². The third-order valence-corrected chi connectivity index (χ3v) is 3.19. The van der Waals surface area contributed by atoms with Crippen LogP contribution in [0.2, 0.25) is 0 Å². The predicted molar refractivity (Wildman–Crippen MR) is 79.4 cm³/mol. The van der Waals surface area contributed by atoms with Gasteiger partial charge in [0.2, 0.25) is 0 Å². The summed E-state index contributed by atoms with van der Waals surface area (Å²) in [6, 6.07) is 6.86. The summed E-state index contributed by atoms with van der Waals surface area (Å²) >= 11 is 0. The number of nitrogens with one attached hydrogen (secondary N) is 1. The van der Waals surface area contributed by atoms with E-state index in [0.29, 0.717) is 25.8 Å². The molecule has 0 aliphatic carbocycles. The Morgan fingerprint density at radius 3 is 2.26 bits per heavy atom. The lowest BCUT2D eigenvalue weighted by molar-refractivity contribution is -0.133. The first-order chi connectivity index (χ1) is 9.08. The Balaban J connectivity index is 2.55. The van der Waals surface area contributed by atoms with Crippen LogP contribution in [0, 0.1) is 13.8 Å². The minimum absolute atomic E-state index is 0.164. The Hall–Kier alpha value is -0.900. The average molecular weight is 265 g/mol. The zero-order valence-corrected chi connectivity index (χ0v) is 12.8. The van der Waals surface area contributed by atoms with Gasteiger partial charge in [-0.1, -0.05) is 23.8 Å². The fourth-order valence-electron chi connectivity index (χ4n) is 2.23. The van der Waals surface area contributed by atoms with Gasteiger partial charge in [0, 0.05) is 25.8 Å². The number of rotatable bonds is 8. The second-order valence-corrected chi connectivity index (χ2v) is 4.83. The van der Waals surface area contributed by atoms with Gasteiger partial charge in [-0.2, -0.15) is 0 Å². The van der Waals surface area contributed by atoms with Gasteiger partial charge in [-0.3, -0.25) is 0 Å². The summed E-state index contributed by atoms with van der Waals surface area (Å²) in [5, 5.41) is 3.48. The minimum Gasteiger partial charge on any atom is -0.352 e. The molecule has 0 aromatic heterocycles. The lowest BCUT2D eigenvalue weighted by Crippen LogP contribution is -2.33. The first-order valence-corrected chi connectivity index (χ1v) is 7.12. The Labute approximate surface area is 117 Å².